The summed E-state index contributed by atoms with van der Waals surface area (Å²) < 4.78 is 22.5. The number of nitrogens with one attached hydrogen (secondary N) is 1. The number of aliphatic hydroxyl groups excluding tert-OH is 1. The molecular formula is C17H17NO6. The zero-order valence-corrected chi connectivity index (χ0v) is 13.2. The van der Waals surface area contributed by atoms with Gasteiger partial charge in [0.05, 0.1) is 11.6 Å². The van der Waals surface area contributed by atoms with Gasteiger partial charge in [-0.25, -0.2) is 0 Å². The lowest BCUT2D eigenvalue weighted by Gasteiger charge is -2.38. The molecule has 1 aliphatic carbocycles. The molecule has 3 heterocycles. The van der Waals surface area contributed by atoms with Crippen LogP contribution in [0.4, 0.5) is 0 Å². The molecule has 7 heteroatoms. The quantitative estimate of drug-likeness (QED) is 0.731. The van der Waals surface area contributed by atoms with Gasteiger partial charge in [-0.05, 0) is 43.2 Å². The number of benzene rings is 1. The number of fused-ring (bicyclic) bond motifs is 6. The second kappa shape index (κ2) is 4.50. The van der Waals surface area contributed by atoms with Crippen molar-refractivity contribution in [2.75, 3.05) is 6.79 Å². The normalized spacial score (nSPS) is 34.8. The zero-order chi connectivity index (χ0) is 16.6. The molecule has 1 fully saturated rings. The summed E-state index contributed by atoms with van der Waals surface area (Å²) in [6.45, 7) is 3.74. The summed E-state index contributed by atoms with van der Waals surface area (Å²) in [7, 11) is 0. The van der Waals surface area contributed by atoms with E-state index in [1.54, 1.807) is 32.1 Å². The molecule has 0 unspecified atom stereocenters. The van der Waals surface area contributed by atoms with Crippen molar-refractivity contribution in [1.82, 2.24) is 5.32 Å². The number of ether oxygens (including phenoxy) is 4. The van der Waals surface area contributed by atoms with E-state index in [0.717, 1.165) is 11.1 Å². The molecule has 5 rings (SSSR count). The van der Waals surface area contributed by atoms with E-state index >= 15 is 0 Å². The van der Waals surface area contributed by atoms with Gasteiger partial charge in [-0.15, -0.1) is 0 Å². The Morgan fingerprint density at radius 2 is 1.79 bits per heavy atom. The molecule has 24 heavy (non-hydrogen) atoms. The fourth-order valence-corrected chi connectivity index (χ4v) is 3.90. The maximum Gasteiger partial charge on any atom is 0.252 e. The first kappa shape index (κ1) is 14.3. The average molecular weight is 331 g/mol. The van der Waals surface area contributed by atoms with Crippen LogP contribution >= 0.6 is 0 Å². The van der Waals surface area contributed by atoms with Gasteiger partial charge >= 0.3 is 0 Å². The monoisotopic (exact) mass is 331 g/mol. The van der Waals surface area contributed by atoms with Crippen LogP contribution < -0.4 is 14.8 Å². The first-order chi connectivity index (χ1) is 11.4. The molecule has 3 aliphatic heterocycles. The number of amides is 1. The molecule has 1 aromatic rings. The number of hydrogen-bond donors (Lipinski definition) is 2. The number of hydrogen-bond acceptors (Lipinski definition) is 6. The highest BCUT2D eigenvalue weighted by Crippen LogP contribution is 2.45. The Kier molecular flexibility index (Phi) is 2.68. The van der Waals surface area contributed by atoms with E-state index in [4.69, 9.17) is 18.9 Å². The van der Waals surface area contributed by atoms with Crippen molar-refractivity contribution in [3.8, 4) is 11.5 Å². The fourth-order valence-electron chi connectivity index (χ4n) is 3.90. The van der Waals surface area contributed by atoms with Crippen molar-refractivity contribution in [3.05, 3.63) is 29.3 Å². The van der Waals surface area contributed by atoms with Crippen molar-refractivity contribution < 1.29 is 28.8 Å². The maximum atomic E-state index is 12.6. The van der Waals surface area contributed by atoms with Crippen LogP contribution in [0.2, 0.25) is 0 Å². The lowest BCUT2D eigenvalue weighted by atomic mass is 9.79. The van der Waals surface area contributed by atoms with Gasteiger partial charge in [0.1, 0.15) is 18.3 Å². The van der Waals surface area contributed by atoms with Crippen LogP contribution in [0.25, 0.3) is 5.57 Å². The van der Waals surface area contributed by atoms with Gasteiger partial charge in [0, 0.05) is 0 Å². The van der Waals surface area contributed by atoms with Crippen molar-refractivity contribution in [2.24, 2.45) is 0 Å². The predicted molar refractivity (Wildman–Crippen MR) is 81.6 cm³/mol. The van der Waals surface area contributed by atoms with Crippen molar-refractivity contribution >= 4 is 11.5 Å². The molecule has 126 valence electrons. The van der Waals surface area contributed by atoms with E-state index in [-0.39, 0.29) is 18.7 Å². The van der Waals surface area contributed by atoms with Crippen molar-refractivity contribution in [3.63, 3.8) is 0 Å². The molecule has 0 spiro atoms. The minimum Gasteiger partial charge on any atom is -0.454 e. The fraction of sp³-hybridized carbons (Fsp3) is 0.471. The lowest BCUT2D eigenvalue weighted by Crippen LogP contribution is -2.55. The smallest absolute Gasteiger partial charge is 0.252 e. The Hall–Kier alpha value is -2.09. The van der Waals surface area contributed by atoms with Gasteiger partial charge in [-0.1, -0.05) is 0 Å². The van der Waals surface area contributed by atoms with Gasteiger partial charge in [-0.2, -0.15) is 0 Å². The van der Waals surface area contributed by atoms with Crippen molar-refractivity contribution in [2.45, 2.75) is 44.0 Å². The van der Waals surface area contributed by atoms with E-state index in [2.05, 4.69) is 5.32 Å². The van der Waals surface area contributed by atoms with Crippen LogP contribution in [-0.4, -0.2) is 47.9 Å². The summed E-state index contributed by atoms with van der Waals surface area (Å²) in [5.74, 6) is 0.149. The predicted octanol–water partition coefficient (Wildman–Crippen LogP) is 0.805. The van der Waals surface area contributed by atoms with Crippen LogP contribution in [0.1, 0.15) is 29.8 Å². The van der Waals surface area contributed by atoms with Crippen LogP contribution in [0.15, 0.2) is 18.2 Å². The second-order valence-electron chi connectivity index (χ2n) is 6.88. The minimum absolute atomic E-state index is 0.140. The molecule has 1 aromatic carbocycles. The third-order valence-electron chi connectivity index (χ3n) is 4.87. The number of carbonyl (C=O) groups excluding carboxylic acids is 1. The standard InChI is InChI=1S/C17H17NO6/c1-17(2)23-14-10(19)3-8-7-4-11-12(22-6-21-11)5-9(7)16(20)18-13(8)15(14)24-17/h3-5,10,13-15,19H,6H2,1-2H3,(H,18,20)/t10-,13+,14+,15-/m0/s1. The summed E-state index contributed by atoms with van der Waals surface area (Å²) in [4.78, 5) is 12.6. The van der Waals surface area contributed by atoms with Crippen LogP contribution in [0, 0.1) is 0 Å². The molecule has 1 saturated heterocycles. The molecule has 0 saturated carbocycles. The van der Waals surface area contributed by atoms with Gasteiger partial charge in [-0.3, -0.25) is 4.79 Å². The first-order valence-corrected chi connectivity index (χ1v) is 7.93. The Balaban J connectivity index is 1.64. The van der Waals surface area contributed by atoms with Crippen LogP contribution in [0.3, 0.4) is 0 Å². The SMILES string of the molecule is CC1(C)O[C@@H]2[C@H](O1)[C@@H](O)C=C1c3cc4c(cc3C(=O)N[C@H]12)OCO4. The van der Waals surface area contributed by atoms with E-state index in [1.165, 1.54) is 0 Å². The minimum atomic E-state index is -0.809. The van der Waals surface area contributed by atoms with Crippen molar-refractivity contribution in [1.29, 1.82) is 0 Å². The average Bonchev–Trinajstić information content (AvgIpc) is 3.10. The summed E-state index contributed by atoms with van der Waals surface area (Å²) in [5.41, 5.74) is 2.06. The van der Waals surface area contributed by atoms with Crippen LogP contribution in [-0.2, 0) is 9.47 Å². The number of carbonyl (C=O) groups is 1. The highest BCUT2D eigenvalue weighted by molar-refractivity contribution is 6.05. The molecular weight excluding hydrogens is 314 g/mol. The first-order valence-electron chi connectivity index (χ1n) is 7.93. The molecule has 1 amide bonds. The van der Waals surface area contributed by atoms with E-state index < -0.39 is 24.1 Å². The third-order valence-corrected chi connectivity index (χ3v) is 4.87. The number of aliphatic hydroxyl groups is 1. The topological polar surface area (TPSA) is 86.2 Å². The Bertz CT molecular complexity index is 786. The summed E-state index contributed by atoms with van der Waals surface area (Å²) in [5, 5.41) is 13.5. The molecule has 0 bridgehead atoms. The Morgan fingerprint density at radius 1 is 1.12 bits per heavy atom. The summed E-state index contributed by atoms with van der Waals surface area (Å²) >= 11 is 0. The molecule has 7 nitrogen and oxygen atoms in total. The highest BCUT2D eigenvalue weighted by atomic mass is 16.8. The van der Waals surface area contributed by atoms with Gasteiger partial charge in [0.2, 0.25) is 6.79 Å². The number of rotatable bonds is 0. The van der Waals surface area contributed by atoms with Gasteiger partial charge in [0.25, 0.3) is 5.91 Å². The largest absolute Gasteiger partial charge is 0.454 e. The molecule has 2 N–H and O–H groups in total. The summed E-state index contributed by atoms with van der Waals surface area (Å²) in [6.07, 6.45) is -0.0321. The van der Waals surface area contributed by atoms with Gasteiger partial charge in [0.15, 0.2) is 17.3 Å². The van der Waals surface area contributed by atoms with E-state index in [1.807, 2.05) is 0 Å². The van der Waals surface area contributed by atoms with E-state index in [0.29, 0.717) is 17.1 Å². The summed E-state index contributed by atoms with van der Waals surface area (Å²) in [6, 6.07) is 3.10. The molecule has 0 radical (unpaired) electrons. The second-order valence-corrected chi connectivity index (χ2v) is 6.88. The Morgan fingerprint density at radius 3 is 2.54 bits per heavy atom. The van der Waals surface area contributed by atoms with Gasteiger partial charge < -0.3 is 29.4 Å². The Labute approximate surface area is 138 Å². The molecule has 0 aromatic heterocycles. The third kappa shape index (κ3) is 1.86. The molecule has 4 aliphatic rings. The highest BCUT2D eigenvalue weighted by Gasteiger charge is 2.53. The lowest BCUT2D eigenvalue weighted by molar-refractivity contribution is -0.152. The molecule has 4 atom stereocenters. The van der Waals surface area contributed by atoms with Crippen LogP contribution in [0.5, 0.6) is 11.5 Å². The maximum absolute atomic E-state index is 12.6. The zero-order valence-electron chi connectivity index (χ0n) is 13.2. The van der Waals surface area contributed by atoms with E-state index in [9.17, 15) is 9.90 Å².